The quantitative estimate of drug-likeness (QED) is 0.328. The molecule has 0 amide bonds. The number of hydrogen-bond acceptors (Lipinski definition) is 2. The van der Waals surface area contributed by atoms with E-state index in [0.29, 0.717) is 6.42 Å². The number of nitrogens with zero attached hydrogens (tertiary/aromatic N) is 2. The van der Waals surface area contributed by atoms with Gasteiger partial charge in [0.05, 0.1) is 11.4 Å². The van der Waals surface area contributed by atoms with Gasteiger partial charge in [0.25, 0.3) is 0 Å². The molecule has 32 heavy (non-hydrogen) atoms. The van der Waals surface area contributed by atoms with Crippen molar-refractivity contribution in [2.24, 2.45) is 0 Å². The van der Waals surface area contributed by atoms with Crippen LogP contribution in [-0.2, 0) is 0 Å². The molecule has 0 fully saturated rings. The van der Waals surface area contributed by atoms with E-state index < -0.39 is 0 Å². The van der Waals surface area contributed by atoms with Gasteiger partial charge in [0.15, 0.2) is 5.78 Å². The summed E-state index contributed by atoms with van der Waals surface area (Å²) in [5.74, 6) is 0.163. The topological polar surface area (TPSA) is 34.9 Å². The fourth-order valence-corrected chi connectivity index (χ4v) is 4.87. The van der Waals surface area contributed by atoms with E-state index in [2.05, 4.69) is 73.8 Å². The smallest absolute Gasteiger partial charge is 0.164 e. The number of carbonyl (C=O) groups is 1. The molecular weight excluding hydrogens is 392 g/mol. The number of para-hydroxylation sites is 1. The molecule has 1 heterocycles. The molecule has 154 valence electrons. The summed E-state index contributed by atoms with van der Waals surface area (Å²) in [6, 6.07) is 31.0. The Bertz CT molecular complexity index is 1460. The second-order valence-corrected chi connectivity index (χ2v) is 8.51. The lowest BCUT2D eigenvalue weighted by molar-refractivity contribution is 0.0976. The Kier molecular flexibility index (Phi) is 4.29. The molecule has 0 bridgehead atoms. The Morgan fingerprint density at radius 1 is 0.812 bits per heavy atom. The van der Waals surface area contributed by atoms with Crippen LogP contribution in [0, 0.1) is 6.92 Å². The third-order valence-corrected chi connectivity index (χ3v) is 6.47. The molecule has 0 unspecified atom stereocenters. The van der Waals surface area contributed by atoms with Crippen LogP contribution in [-0.4, -0.2) is 15.6 Å². The second-order valence-electron chi connectivity index (χ2n) is 8.51. The highest BCUT2D eigenvalue weighted by molar-refractivity contribution is 6.12. The van der Waals surface area contributed by atoms with Crippen LogP contribution in [0.5, 0.6) is 0 Å². The van der Waals surface area contributed by atoms with E-state index in [9.17, 15) is 4.79 Å². The van der Waals surface area contributed by atoms with Gasteiger partial charge in [0.2, 0.25) is 0 Å². The molecule has 0 spiro atoms. The van der Waals surface area contributed by atoms with Gasteiger partial charge in [-0.25, -0.2) is 4.68 Å². The molecule has 3 nitrogen and oxygen atoms in total. The first kappa shape index (κ1) is 18.8. The van der Waals surface area contributed by atoms with Crippen LogP contribution < -0.4 is 0 Å². The summed E-state index contributed by atoms with van der Waals surface area (Å²) in [5, 5.41) is 7.20. The molecule has 0 N–H and O–H groups in total. The van der Waals surface area contributed by atoms with Gasteiger partial charge in [0.1, 0.15) is 0 Å². The van der Waals surface area contributed by atoms with Crippen LogP contribution in [0.25, 0.3) is 27.7 Å². The van der Waals surface area contributed by atoms with Gasteiger partial charge in [-0.1, -0.05) is 84.4 Å². The van der Waals surface area contributed by atoms with Crippen molar-refractivity contribution in [1.82, 2.24) is 9.78 Å². The van der Waals surface area contributed by atoms with Gasteiger partial charge >= 0.3 is 0 Å². The van der Waals surface area contributed by atoms with Crippen molar-refractivity contribution in [2.45, 2.75) is 19.3 Å². The van der Waals surface area contributed by atoms with Crippen molar-refractivity contribution < 1.29 is 4.79 Å². The van der Waals surface area contributed by atoms with E-state index in [1.54, 1.807) is 0 Å². The predicted octanol–water partition coefficient (Wildman–Crippen LogP) is 6.72. The van der Waals surface area contributed by atoms with Crippen molar-refractivity contribution in [3.8, 4) is 16.9 Å². The minimum atomic E-state index is -0.0325. The predicted molar refractivity (Wildman–Crippen MR) is 128 cm³/mol. The number of aryl methyl sites for hydroxylation is 1. The zero-order valence-electron chi connectivity index (χ0n) is 17.8. The Balaban J connectivity index is 1.60. The van der Waals surface area contributed by atoms with Crippen molar-refractivity contribution >= 4 is 16.6 Å². The van der Waals surface area contributed by atoms with E-state index in [4.69, 9.17) is 5.10 Å². The summed E-state index contributed by atoms with van der Waals surface area (Å²) in [6.07, 6.45) is 2.56. The Morgan fingerprint density at radius 3 is 2.34 bits per heavy atom. The molecule has 0 saturated carbocycles. The Morgan fingerprint density at radius 2 is 1.56 bits per heavy atom. The van der Waals surface area contributed by atoms with E-state index in [0.717, 1.165) is 38.8 Å². The van der Waals surface area contributed by atoms with Gasteiger partial charge in [0, 0.05) is 35.2 Å². The van der Waals surface area contributed by atoms with Crippen LogP contribution in [0.4, 0.5) is 0 Å². The standard InChI is InChI=1S/C29H22N2O/c1-19-13-15-21(16-14-19)29-26(18-31(30-29)22-9-3-2-4-10-22)25-17-27(32)24-12-6-8-20-7-5-11-23(25)28(20)24/h2-16,18,25H,17H2,1H3/t25-/m1/s1. The second kappa shape index (κ2) is 7.31. The molecule has 1 aromatic heterocycles. The van der Waals surface area contributed by atoms with E-state index in [1.165, 1.54) is 11.1 Å². The minimum absolute atomic E-state index is 0.0325. The van der Waals surface area contributed by atoms with Crippen LogP contribution >= 0.6 is 0 Å². The summed E-state index contributed by atoms with van der Waals surface area (Å²) in [7, 11) is 0. The zero-order valence-corrected chi connectivity index (χ0v) is 17.8. The summed E-state index contributed by atoms with van der Waals surface area (Å²) >= 11 is 0. The number of benzene rings is 4. The summed E-state index contributed by atoms with van der Waals surface area (Å²) in [6.45, 7) is 2.09. The number of aromatic nitrogens is 2. The molecule has 1 aliphatic rings. The molecule has 1 aliphatic carbocycles. The molecule has 0 radical (unpaired) electrons. The van der Waals surface area contributed by atoms with Crippen molar-refractivity contribution in [2.75, 3.05) is 0 Å². The van der Waals surface area contributed by atoms with E-state index in [-0.39, 0.29) is 11.7 Å². The largest absolute Gasteiger partial charge is 0.294 e. The average Bonchev–Trinajstić information content (AvgIpc) is 3.28. The number of hydrogen-bond donors (Lipinski definition) is 0. The van der Waals surface area contributed by atoms with Crippen molar-refractivity contribution in [3.05, 3.63) is 119 Å². The van der Waals surface area contributed by atoms with Crippen LogP contribution in [0.15, 0.2) is 97.2 Å². The van der Waals surface area contributed by atoms with Crippen LogP contribution in [0.1, 0.15) is 39.4 Å². The highest BCUT2D eigenvalue weighted by Gasteiger charge is 2.31. The lowest BCUT2D eigenvalue weighted by atomic mass is 9.77. The highest BCUT2D eigenvalue weighted by atomic mass is 16.1. The molecule has 6 rings (SSSR count). The fraction of sp³-hybridized carbons (Fsp3) is 0.103. The molecule has 0 aliphatic heterocycles. The molecule has 5 aromatic rings. The van der Waals surface area contributed by atoms with Crippen LogP contribution in [0.3, 0.4) is 0 Å². The van der Waals surface area contributed by atoms with Gasteiger partial charge in [-0.15, -0.1) is 0 Å². The van der Waals surface area contributed by atoms with E-state index in [1.807, 2.05) is 35.0 Å². The summed E-state index contributed by atoms with van der Waals surface area (Å²) < 4.78 is 1.94. The normalized spacial score (nSPS) is 15.3. The maximum Gasteiger partial charge on any atom is 0.164 e. The van der Waals surface area contributed by atoms with Gasteiger partial charge in [-0.2, -0.15) is 5.10 Å². The zero-order chi connectivity index (χ0) is 21.7. The first-order chi connectivity index (χ1) is 15.7. The van der Waals surface area contributed by atoms with Gasteiger partial charge in [-0.3, -0.25) is 4.79 Å². The van der Waals surface area contributed by atoms with Crippen LogP contribution in [0.2, 0.25) is 0 Å². The minimum Gasteiger partial charge on any atom is -0.294 e. The molecule has 3 heteroatoms. The maximum atomic E-state index is 13.2. The van der Waals surface area contributed by atoms with Crippen molar-refractivity contribution in [3.63, 3.8) is 0 Å². The highest BCUT2D eigenvalue weighted by Crippen LogP contribution is 2.43. The lowest BCUT2D eigenvalue weighted by Crippen LogP contribution is -2.16. The lowest BCUT2D eigenvalue weighted by Gasteiger charge is -2.25. The molecule has 1 atom stereocenters. The third-order valence-electron chi connectivity index (χ3n) is 6.47. The number of ketones is 1. The SMILES string of the molecule is Cc1ccc(-c2nn(-c3ccccc3)cc2[C@@H]2CC(=O)c3cccc4cccc2c34)cc1. The first-order valence-electron chi connectivity index (χ1n) is 11.0. The monoisotopic (exact) mass is 414 g/mol. The molecule has 4 aromatic carbocycles. The number of carbonyl (C=O) groups excluding carboxylic acids is 1. The van der Waals surface area contributed by atoms with Gasteiger partial charge < -0.3 is 0 Å². The first-order valence-corrected chi connectivity index (χ1v) is 11.0. The van der Waals surface area contributed by atoms with E-state index >= 15 is 0 Å². The summed E-state index contributed by atoms with van der Waals surface area (Å²) in [4.78, 5) is 13.2. The molecular formula is C29H22N2O. The molecule has 0 saturated heterocycles. The number of rotatable bonds is 3. The van der Waals surface area contributed by atoms with Gasteiger partial charge in [-0.05, 0) is 35.4 Å². The Labute approximate surface area is 187 Å². The average molecular weight is 415 g/mol. The fourth-order valence-electron chi connectivity index (χ4n) is 4.87. The number of Topliss-reactive ketones (excluding diaryl/α,β-unsaturated/α-hetero) is 1. The maximum absolute atomic E-state index is 13.2. The Hall–Kier alpha value is -3.98. The van der Waals surface area contributed by atoms with Crippen molar-refractivity contribution in [1.29, 1.82) is 0 Å². The summed E-state index contributed by atoms with van der Waals surface area (Å²) in [5.41, 5.74) is 7.35. The third kappa shape index (κ3) is 2.97.